The van der Waals surface area contributed by atoms with E-state index in [-0.39, 0.29) is 34.9 Å². The van der Waals surface area contributed by atoms with E-state index in [9.17, 15) is 18.0 Å². The van der Waals surface area contributed by atoms with Crippen molar-refractivity contribution in [3.05, 3.63) is 41.1 Å². The minimum Gasteiger partial charge on any atom is -0.376 e. The Morgan fingerprint density at radius 2 is 2.07 bits per heavy atom. The summed E-state index contributed by atoms with van der Waals surface area (Å²) in [5, 5.41) is 2.71. The molecule has 0 spiro atoms. The molecule has 1 N–H and O–H groups in total. The number of nitrogens with zero attached hydrogens (tertiary/aromatic N) is 2. The fourth-order valence-electron chi connectivity index (χ4n) is 3.67. The zero-order valence-electron chi connectivity index (χ0n) is 15.6. The average Bonchev–Trinajstić information content (AvgIpc) is 3.23. The first-order valence-corrected chi connectivity index (χ1v) is 10.5. The van der Waals surface area contributed by atoms with E-state index >= 15 is 0 Å². The SMILES string of the molecule is O=C(CSc1nc2c(c(C(F)(F)F)n1)CCc1ccccc1-2)NC[C@H]1CCCO1. The molecule has 1 aliphatic carbocycles. The second-order valence-corrected chi connectivity index (χ2v) is 8.01. The minimum atomic E-state index is -4.57. The van der Waals surface area contributed by atoms with Gasteiger partial charge in [-0.05, 0) is 31.2 Å². The summed E-state index contributed by atoms with van der Waals surface area (Å²) in [6.07, 6.45) is -1.93. The average molecular weight is 423 g/mol. The van der Waals surface area contributed by atoms with Gasteiger partial charge >= 0.3 is 6.18 Å². The van der Waals surface area contributed by atoms with E-state index in [1.54, 1.807) is 12.1 Å². The molecule has 1 aromatic carbocycles. The van der Waals surface area contributed by atoms with Crippen LogP contribution in [0.2, 0.25) is 0 Å². The lowest BCUT2D eigenvalue weighted by Gasteiger charge is -2.22. The van der Waals surface area contributed by atoms with Crippen LogP contribution in [0.15, 0.2) is 29.4 Å². The number of amides is 1. The Morgan fingerprint density at radius 1 is 1.24 bits per heavy atom. The number of aromatic nitrogens is 2. The first-order chi connectivity index (χ1) is 13.9. The largest absolute Gasteiger partial charge is 0.433 e. The molecule has 1 aliphatic heterocycles. The van der Waals surface area contributed by atoms with Gasteiger partial charge in [-0.2, -0.15) is 13.2 Å². The molecule has 2 aromatic rings. The van der Waals surface area contributed by atoms with Crippen molar-refractivity contribution in [2.24, 2.45) is 0 Å². The molecule has 9 heteroatoms. The van der Waals surface area contributed by atoms with Gasteiger partial charge < -0.3 is 10.1 Å². The summed E-state index contributed by atoms with van der Waals surface area (Å²) in [5.41, 5.74) is 1.21. The molecule has 1 atom stereocenters. The number of benzene rings is 1. The quantitative estimate of drug-likeness (QED) is 0.588. The number of fused-ring (bicyclic) bond motifs is 3. The molecule has 0 bridgehead atoms. The van der Waals surface area contributed by atoms with E-state index in [4.69, 9.17) is 4.74 Å². The summed E-state index contributed by atoms with van der Waals surface area (Å²) in [5.74, 6) is -0.328. The van der Waals surface area contributed by atoms with Gasteiger partial charge in [-0.15, -0.1) is 0 Å². The van der Waals surface area contributed by atoms with E-state index in [1.807, 2.05) is 12.1 Å². The van der Waals surface area contributed by atoms with Crippen molar-refractivity contribution in [2.75, 3.05) is 18.9 Å². The molecule has 0 saturated carbocycles. The smallest absolute Gasteiger partial charge is 0.376 e. The van der Waals surface area contributed by atoms with Crippen molar-refractivity contribution in [3.63, 3.8) is 0 Å². The molecule has 1 fully saturated rings. The van der Waals surface area contributed by atoms with Crippen LogP contribution in [0, 0.1) is 0 Å². The van der Waals surface area contributed by atoms with Gasteiger partial charge in [-0.1, -0.05) is 36.0 Å². The predicted molar refractivity (Wildman–Crippen MR) is 103 cm³/mol. The second kappa shape index (κ2) is 8.31. The summed E-state index contributed by atoms with van der Waals surface area (Å²) >= 11 is 0.914. The Hall–Kier alpha value is -2.13. The predicted octanol–water partition coefficient (Wildman–Crippen LogP) is 3.65. The number of nitrogens with one attached hydrogen (secondary N) is 1. The monoisotopic (exact) mass is 423 g/mol. The number of carbonyl (C=O) groups excluding carboxylic acids is 1. The first kappa shape index (κ1) is 20.2. The molecule has 4 rings (SSSR count). The van der Waals surface area contributed by atoms with E-state index in [0.29, 0.717) is 30.8 Å². The summed E-state index contributed by atoms with van der Waals surface area (Å²) in [7, 11) is 0. The molecule has 29 heavy (non-hydrogen) atoms. The number of halogens is 3. The molecule has 2 heterocycles. The third-order valence-corrected chi connectivity index (χ3v) is 5.90. The summed E-state index contributed by atoms with van der Waals surface area (Å²) in [6, 6.07) is 7.33. The van der Waals surface area contributed by atoms with Crippen LogP contribution in [0.4, 0.5) is 13.2 Å². The van der Waals surface area contributed by atoms with Gasteiger partial charge in [-0.3, -0.25) is 4.79 Å². The van der Waals surface area contributed by atoms with Gasteiger partial charge in [0.05, 0.1) is 17.6 Å². The zero-order chi connectivity index (χ0) is 20.4. The number of hydrogen-bond acceptors (Lipinski definition) is 5. The molecule has 1 amide bonds. The third kappa shape index (κ3) is 4.56. The molecule has 5 nitrogen and oxygen atoms in total. The van der Waals surface area contributed by atoms with Gasteiger partial charge in [0.1, 0.15) is 0 Å². The zero-order valence-corrected chi connectivity index (χ0v) is 16.4. The number of thioether (sulfide) groups is 1. The van der Waals surface area contributed by atoms with Crippen LogP contribution in [-0.2, 0) is 28.5 Å². The Kier molecular flexibility index (Phi) is 5.78. The Morgan fingerprint density at radius 3 is 2.83 bits per heavy atom. The first-order valence-electron chi connectivity index (χ1n) is 9.49. The highest BCUT2D eigenvalue weighted by atomic mass is 32.2. The number of ether oxygens (including phenoxy) is 1. The van der Waals surface area contributed by atoms with E-state index in [1.165, 1.54) is 0 Å². The van der Waals surface area contributed by atoms with Crippen molar-refractivity contribution in [1.82, 2.24) is 15.3 Å². The molecule has 154 valence electrons. The topological polar surface area (TPSA) is 64.1 Å². The molecular formula is C20H20F3N3O2S. The molecule has 1 saturated heterocycles. The highest BCUT2D eigenvalue weighted by molar-refractivity contribution is 7.99. The van der Waals surface area contributed by atoms with E-state index in [0.717, 1.165) is 30.2 Å². The molecule has 0 radical (unpaired) electrons. The maximum atomic E-state index is 13.6. The molecular weight excluding hydrogens is 403 g/mol. The Labute approximate surface area is 170 Å². The van der Waals surface area contributed by atoms with Gasteiger partial charge in [-0.25, -0.2) is 9.97 Å². The van der Waals surface area contributed by atoms with Crippen molar-refractivity contribution in [1.29, 1.82) is 0 Å². The van der Waals surface area contributed by atoms with Gasteiger partial charge in [0.25, 0.3) is 0 Å². The van der Waals surface area contributed by atoms with Crippen molar-refractivity contribution >= 4 is 17.7 Å². The third-order valence-electron chi connectivity index (χ3n) is 5.06. The van der Waals surface area contributed by atoms with E-state index in [2.05, 4.69) is 15.3 Å². The van der Waals surface area contributed by atoms with Gasteiger partial charge in [0, 0.05) is 24.3 Å². The fourth-order valence-corrected chi connectivity index (χ4v) is 4.34. The summed E-state index contributed by atoms with van der Waals surface area (Å²) in [6.45, 7) is 1.10. The Balaban J connectivity index is 1.54. The number of rotatable bonds is 5. The normalized spacial score (nSPS) is 18.2. The highest BCUT2D eigenvalue weighted by Crippen LogP contribution is 2.40. The van der Waals surface area contributed by atoms with Crippen LogP contribution in [-0.4, -0.2) is 40.9 Å². The lowest BCUT2D eigenvalue weighted by atomic mass is 9.88. The maximum absolute atomic E-state index is 13.6. The number of alkyl halides is 3. The minimum absolute atomic E-state index is 0.0114. The van der Waals surface area contributed by atoms with Crippen molar-refractivity contribution in [2.45, 2.75) is 43.1 Å². The maximum Gasteiger partial charge on any atom is 0.433 e. The molecule has 0 unspecified atom stereocenters. The summed E-state index contributed by atoms with van der Waals surface area (Å²) < 4.78 is 46.3. The van der Waals surface area contributed by atoms with Crippen LogP contribution in [0.25, 0.3) is 11.3 Å². The fraction of sp³-hybridized carbons (Fsp3) is 0.450. The second-order valence-electron chi connectivity index (χ2n) is 7.06. The van der Waals surface area contributed by atoms with Gasteiger partial charge in [0.2, 0.25) is 5.91 Å². The van der Waals surface area contributed by atoms with Crippen LogP contribution in [0.1, 0.15) is 29.7 Å². The van der Waals surface area contributed by atoms with Crippen molar-refractivity contribution < 1.29 is 22.7 Å². The van der Waals surface area contributed by atoms with Crippen LogP contribution >= 0.6 is 11.8 Å². The highest BCUT2D eigenvalue weighted by Gasteiger charge is 2.38. The van der Waals surface area contributed by atoms with Crippen LogP contribution < -0.4 is 5.32 Å². The van der Waals surface area contributed by atoms with Gasteiger partial charge in [0.15, 0.2) is 10.9 Å². The lowest BCUT2D eigenvalue weighted by molar-refractivity contribution is -0.142. The lowest BCUT2D eigenvalue weighted by Crippen LogP contribution is -2.33. The summed E-state index contributed by atoms with van der Waals surface area (Å²) in [4.78, 5) is 20.2. The number of hydrogen-bond donors (Lipinski definition) is 1. The van der Waals surface area contributed by atoms with Crippen molar-refractivity contribution in [3.8, 4) is 11.3 Å². The number of carbonyl (C=O) groups is 1. The standard InChI is InChI=1S/C20H20F3N3O2S/c21-20(22,23)18-15-8-7-12-4-1-2-6-14(12)17(15)25-19(26-18)29-11-16(27)24-10-13-5-3-9-28-13/h1-2,4,6,13H,3,5,7-11H2,(H,24,27)/t13-/m1/s1. The molecule has 2 aliphatic rings. The number of aryl methyl sites for hydroxylation is 1. The van der Waals surface area contributed by atoms with Crippen LogP contribution in [0.3, 0.4) is 0 Å². The Bertz CT molecular complexity index is 914. The molecule has 1 aromatic heterocycles. The van der Waals surface area contributed by atoms with Crippen LogP contribution in [0.5, 0.6) is 0 Å². The van der Waals surface area contributed by atoms with E-state index < -0.39 is 11.9 Å².